The van der Waals surface area contributed by atoms with E-state index in [0.717, 1.165) is 26.6 Å². The van der Waals surface area contributed by atoms with Crippen LogP contribution in [0.4, 0.5) is 0 Å². The fourth-order valence-electron chi connectivity index (χ4n) is 1.93. The molecular formula is C18H20Cl2SiZr. The summed E-state index contributed by atoms with van der Waals surface area (Å²) in [5, 5.41) is 3.87. The van der Waals surface area contributed by atoms with Gasteiger partial charge in [-0.05, 0) is 6.92 Å². The van der Waals surface area contributed by atoms with Crippen molar-refractivity contribution in [2.24, 2.45) is 0 Å². The summed E-state index contributed by atoms with van der Waals surface area (Å²) in [6, 6.07) is 16.0. The van der Waals surface area contributed by atoms with E-state index < -0.39 is 0 Å². The van der Waals surface area contributed by atoms with Crippen molar-refractivity contribution >= 4 is 39.4 Å². The number of fused-ring (bicyclic) bond motifs is 1. The molecule has 22 heavy (non-hydrogen) atoms. The Labute approximate surface area is 158 Å². The second-order valence-electron chi connectivity index (χ2n) is 5.24. The van der Waals surface area contributed by atoms with E-state index in [1.807, 2.05) is 56.3 Å². The van der Waals surface area contributed by atoms with Gasteiger partial charge in [0.25, 0.3) is 0 Å². The Balaban J connectivity index is 0.000000222. The average molecular weight is 427 g/mol. The van der Waals surface area contributed by atoms with Crippen LogP contribution >= 0.6 is 23.2 Å². The monoisotopic (exact) mass is 424 g/mol. The van der Waals surface area contributed by atoms with E-state index >= 15 is 0 Å². The summed E-state index contributed by atoms with van der Waals surface area (Å²) in [4.78, 5) is 0. The topological polar surface area (TPSA) is 0 Å². The number of aryl methyl sites for hydroxylation is 2. The normalized spacial score (nSPS) is 9.64. The summed E-state index contributed by atoms with van der Waals surface area (Å²) in [5.41, 5.74) is 2.39. The summed E-state index contributed by atoms with van der Waals surface area (Å²) in [5.74, 6) is 0. The molecule has 0 fully saturated rings. The zero-order valence-corrected chi connectivity index (χ0v) is 18.3. The van der Waals surface area contributed by atoms with Gasteiger partial charge in [0.05, 0.1) is 0 Å². The van der Waals surface area contributed by atoms with Crippen LogP contribution in [-0.4, -0.2) is 5.43 Å². The van der Waals surface area contributed by atoms with Gasteiger partial charge in [0, 0.05) is 5.02 Å². The summed E-state index contributed by atoms with van der Waals surface area (Å²) < 4.78 is 0. The smallest absolute Gasteiger partial charge is 0.0250 e. The van der Waals surface area contributed by atoms with Crippen LogP contribution in [0.1, 0.15) is 11.1 Å². The molecule has 0 radical (unpaired) electrons. The van der Waals surface area contributed by atoms with E-state index in [9.17, 15) is 0 Å². The van der Waals surface area contributed by atoms with Crippen molar-refractivity contribution < 1.29 is 23.3 Å². The number of rotatable bonds is 0. The Hall–Kier alpha value is -0.140. The van der Waals surface area contributed by atoms with Crippen molar-refractivity contribution in [2.75, 3.05) is 0 Å². The quantitative estimate of drug-likeness (QED) is 0.278. The SMILES string of the molecule is C[Si](C)=[Zr+2].Cc1[cH-]c2ccc(Cl)c(C)c2c1Cl.c1cc[cH-]c1. The van der Waals surface area contributed by atoms with Crippen LogP contribution in [0, 0.1) is 13.8 Å². The van der Waals surface area contributed by atoms with Crippen molar-refractivity contribution in [1.29, 1.82) is 0 Å². The van der Waals surface area contributed by atoms with Gasteiger partial charge >= 0.3 is 41.9 Å². The fourth-order valence-corrected chi connectivity index (χ4v) is 2.40. The molecule has 0 nitrogen and oxygen atoms in total. The molecule has 0 aromatic heterocycles. The van der Waals surface area contributed by atoms with Gasteiger partial charge in [-0.2, -0.15) is 29.8 Å². The van der Waals surface area contributed by atoms with Crippen molar-refractivity contribution in [3.05, 3.63) is 69.7 Å². The fraction of sp³-hybridized carbons (Fsp3) is 0.222. The molecule has 0 aliphatic heterocycles. The first-order valence-corrected chi connectivity index (χ1v) is 14.0. The molecule has 0 spiro atoms. The van der Waals surface area contributed by atoms with Crippen LogP contribution in [0.2, 0.25) is 23.1 Å². The van der Waals surface area contributed by atoms with Gasteiger partial charge < -0.3 is 0 Å². The van der Waals surface area contributed by atoms with E-state index in [2.05, 4.69) is 19.2 Å². The Morgan fingerprint density at radius 2 is 1.59 bits per heavy atom. The Morgan fingerprint density at radius 1 is 1.05 bits per heavy atom. The number of hydrogen-bond acceptors (Lipinski definition) is 0. The minimum Gasteiger partial charge on any atom is -0.214 e. The maximum absolute atomic E-state index is 6.16. The molecule has 0 aliphatic carbocycles. The summed E-state index contributed by atoms with van der Waals surface area (Å²) in [6.07, 6.45) is 0. The molecule has 114 valence electrons. The standard InChI is InChI=1S/C11H9Cl2.C5H5.C2H6Si.Zr/c1-6-5-8-3-4-9(12)7(2)10(8)11(6)13;1-2-4-5-3-1;1-3-2;/h3-5H,1-2H3;1-5H;1-2H3;/q2*-1;;+2. The Kier molecular flexibility index (Phi) is 8.94. The van der Waals surface area contributed by atoms with E-state index in [0.29, 0.717) is 0 Å². The zero-order chi connectivity index (χ0) is 16.7. The Morgan fingerprint density at radius 3 is 2.05 bits per heavy atom. The van der Waals surface area contributed by atoms with Crippen molar-refractivity contribution in [3.8, 4) is 0 Å². The maximum atomic E-state index is 6.16. The van der Waals surface area contributed by atoms with Gasteiger partial charge in [0.2, 0.25) is 0 Å². The molecule has 0 saturated carbocycles. The summed E-state index contributed by atoms with van der Waals surface area (Å²) >= 11 is 13.9. The largest absolute Gasteiger partial charge is 0.214 e. The molecule has 0 N–H and O–H groups in total. The molecule has 3 aromatic carbocycles. The van der Waals surface area contributed by atoms with Crippen LogP contribution in [-0.2, 0) is 23.3 Å². The van der Waals surface area contributed by atoms with Gasteiger partial charge in [-0.15, -0.1) is 28.5 Å². The molecule has 0 amide bonds. The third-order valence-corrected chi connectivity index (χ3v) is 3.82. The molecule has 3 rings (SSSR count). The molecule has 0 bridgehead atoms. The molecule has 0 unspecified atom stereocenters. The molecule has 3 aromatic rings. The number of benzene rings is 1. The number of halogens is 2. The van der Waals surface area contributed by atoms with E-state index in [1.54, 1.807) is 23.3 Å². The first kappa shape index (κ1) is 19.9. The number of hydrogen-bond donors (Lipinski definition) is 0. The van der Waals surface area contributed by atoms with Crippen LogP contribution in [0.15, 0.2) is 48.5 Å². The minimum absolute atomic E-state index is 0.210. The van der Waals surface area contributed by atoms with Gasteiger partial charge in [-0.1, -0.05) is 35.2 Å². The first-order valence-electron chi connectivity index (χ1n) is 7.03. The minimum atomic E-state index is 0.210. The van der Waals surface area contributed by atoms with Gasteiger partial charge in [0.1, 0.15) is 0 Å². The van der Waals surface area contributed by atoms with E-state index in [4.69, 9.17) is 23.2 Å². The molecular weight excluding hydrogens is 406 g/mol. The van der Waals surface area contributed by atoms with Gasteiger partial charge in [0.15, 0.2) is 0 Å². The van der Waals surface area contributed by atoms with Crippen molar-refractivity contribution in [2.45, 2.75) is 26.9 Å². The molecule has 0 saturated heterocycles. The Bertz CT molecular complexity index is 706. The molecule has 4 heteroatoms. The van der Waals surface area contributed by atoms with Crippen molar-refractivity contribution in [3.63, 3.8) is 0 Å². The second kappa shape index (κ2) is 9.88. The van der Waals surface area contributed by atoms with Crippen LogP contribution in [0.25, 0.3) is 10.8 Å². The van der Waals surface area contributed by atoms with E-state index in [-0.39, 0.29) is 5.43 Å². The summed E-state index contributed by atoms with van der Waals surface area (Å²) in [6.45, 7) is 8.62. The maximum Gasteiger partial charge on any atom is 0.0250 e. The third-order valence-electron chi connectivity index (χ3n) is 2.92. The van der Waals surface area contributed by atoms with Gasteiger partial charge in [-0.3, -0.25) is 0 Å². The first-order chi connectivity index (χ1) is 10.3. The molecule has 0 heterocycles. The average Bonchev–Trinajstić information content (AvgIpc) is 3.08. The van der Waals surface area contributed by atoms with E-state index in [1.165, 1.54) is 5.39 Å². The summed E-state index contributed by atoms with van der Waals surface area (Å²) in [7, 11) is 0. The molecule has 0 aliphatic rings. The second-order valence-corrected chi connectivity index (χ2v) is 15.4. The van der Waals surface area contributed by atoms with Crippen LogP contribution in [0.5, 0.6) is 0 Å². The van der Waals surface area contributed by atoms with Crippen LogP contribution < -0.4 is 0 Å². The predicted molar refractivity (Wildman–Crippen MR) is 98.6 cm³/mol. The van der Waals surface area contributed by atoms with Crippen molar-refractivity contribution in [1.82, 2.24) is 0 Å². The zero-order valence-electron chi connectivity index (χ0n) is 13.4. The van der Waals surface area contributed by atoms with Crippen LogP contribution in [0.3, 0.4) is 0 Å². The third kappa shape index (κ3) is 6.16. The van der Waals surface area contributed by atoms with Gasteiger partial charge in [-0.25, -0.2) is 12.1 Å². The molecule has 0 atom stereocenters. The predicted octanol–water partition coefficient (Wildman–Crippen LogP) is 6.67.